The van der Waals surface area contributed by atoms with Crippen LogP contribution in [0.4, 0.5) is 0 Å². The molecule has 0 radical (unpaired) electrons. The van der Waals surface area contributed by atoms with Crippen LogP contribution >= 0.6 is 11.8 Å². The Labute approximate surface area is 130 Å². The first-order chi connectivity index (χ1) is 10.2. The van der Waals surface area contributed by atoms with Gasteiger partial charge in [-0.15, -0.1) is 0 Å². The molecule has 0 spiro atoms. The van der Waals surface area contributed by atoms with Gasteiger partial charge in [-0.25, -0.2) is 0 Å². The molecule has 3 rings (SSSR count). The van der Waals surface area contributed by atoms with Gasteiger partial charge in [-0.05, 0) is 24.0 Å². The molecule has 1 N–H and O–H groups in total. The van der Waals surface area contributed by atoms with Crippen LogP contribution in [-0.4, -0.2) is 21.9 Å². The van der Waals surface area contributed by atoms with Gasteiger partial charge in [0.05, 0.1) is 12.1 Å². The lowest BCUT2D eigenvalue weighted by atomic mass is 10.1. The minimum Gasteiger partial charge on any atom is -0.361 e. The van der Waals surface area contributed by atoms with Crippen molar-refractivity contribution in [1.82, 2.24) is 10.3 Å². The number of fused-ring (bicyclic) bond motifs is 1. The Morgan fingerprint density at radius 1 is 1.29 bits per heavy atom. The molecule has 0 fully saturated rings. The SMILES string of the molecule is CC(C)CC1CN=C(NCc2cccc3cccnc23)S1. The van der Waals surface area contributed by atoms with Crippen molar-refractivity contribution < 1.29 is 0 Å². The number of nitrogens with one attached hydrogen (secondary N) is 1. The number of rotatable bonds is 4. The molecular weight excluding hydrogens is 278 g/mol. The molecule has 1 aromatic heterocycles. The van der Waals surface area contributed by atoms with Crippen LogP contribution in [0.2, 0.25) is 0 Å². The summed E-state index contributed by atoms with van der Waals surface area (Å²) in [4.78, 5) is 9.11. The monoisotopic (exact) mass is 299 g/mol. The molecule has 1 aliphatic rings. The molecule has 0 bridgehead atoms. The van der Waals surface area contributed by atoms with Gasteiger partial charge in [0.1, 0.15) is 0 Å². The highest BCUT2D eigenvalue weighted by molar-refractivity contribution is 8.14. The molecule has 0 saturated carbocycles. The summed E-state index contributed by atoms with van der Waals surface area (Å²) in [5.41, 5.74) is 2.30. The van der Waals surface area contributed by atoms with E-state index in [1.165, 1.54) is 17.4 Å². The fourth-order valence-corrected chi connectivity index (χ4v) is 3.89. The average Bonchev–Trinajstić information content (AvgIpc) is 2.92. The third kappa shape index (κ3) is 3.56. The van der Waals surface area contributed by atoms with Crippen LogP contribution in [-0.2, 0) is 6.54 Å². The molecule has 21 heavy (non-hydrogen) atoms. The molecule has 110 valence electrons. The van der Waals surface area contributed by atoms with E-state index in [9.17, 15) is 0 Å². The number of aliphatic imine (C=N–C) groups is 1. The van der Waals surface area contributed by atoms with E-state index in [2.05, 4.69) is 53.4 Å². The zero-order chi connectivity index (χ0) is 14.7. The number of para-hydroxylation sites is 1. The number of hydrogen-bond donors (Lipinski definition) is 1. The Morgan fingerprint density at radius 2 is 2.14 bits per heavy atom. The second kappa shape index (κ2) is 6.48. The second-order valence-electron chi connectivity index (χ2n) is 5.86. The lowest BCUT2D eigenvalue weighted by molar-refractivity contribution is 0.575. The zero-order valence-corrected chi connectivity index (χ0v) is 13.4. The second-order valence-corrected chi connectivity index (χ2v) is 7.15. The van der Waals surface area contributed by atoms with Crippen LogP contribution in [0.15, 0.2) is 41.5 Å². The molecule has 1 unspecified atom stereocenters. The summed E-state index contributed by atoms with van der Waals surface area (Å²) in [6, 6.07) is 10.4. The van der Waals surface area contributed by atoms with E-state index in [0.29, 0.717) is 5.25 Å². The lowest BCUT2D eigenvalue weighted by Gasteiger charge is -2.11. The van der Waals surface area contributed by atoms with Crippen molar-refractivity contribution in [3.63, 3.8) is 0 Å². The fourth-order valence-electron chi connectivity index (χ4n) is 2.64. The predicted molar refractivity (Wildman–Crippen MR) is 91.7 cm³/mol. The largest absolute Gasteiger partial charge is 0.361 e. The standard InChI is InChI=1S/C17H21N3S/c1-12(2)9-15-11-20-17(21-15)19-10-14-6-3-5-13-7-4-8-18-16(13)14/h3-8,12,15H,9-11H2,1-2H3,(H,19,20). The fraction of sp³-hybridized carbons (Fsp3) is 0.412. The Morgan fingerprint density at radius 3 is 3.00 bits per heavy atom. The van der Waals surface area contributed by atoms with Crippen molar-refractivity contribution in [3.05, 3.63) is 42.1 Å². The van der Waals surface area contributed by atoms with Gasteiger partial charge in [-0.1, -0.05) is 49.9 Å². The molecule has 1 aliphatic heterocycles. The minimum absolute atomic E-state index is 0.637. The van der Waals surface area contributed by atoms with Crippen LogP contribution in [0, 0.1) is 5.92 Å². The Bertz CT molecular complexity index is 646. The van der Waals surface area contributed by atoms with Gasteiger partial charge in [0.2, 0.25) is 0 Å². The van der Waals surface area contributed by atoms with Crippen LogP contribution < -0.4 is 5.32 Å². The molecule has 4 heteroatoms. The Kier molecular flexibility index (Phi) is 4.44. The Balaban J connectivity index is 1.63. The minimum atomic E-state index is 0.637. The van der Waals surface area contributed by atoms with Crippen molar-refractivity contribution >= 4 is 27.8 Å². The Hall–Kier alpha value is -1.55. The summed E-state index contributed by atoms with van der Waals surface area (Å²) in [6.07, 6.45) is 3.08. The highest BCUT2D eigenvalue weighted by Crippen LogP contribution is 2.26. The summed E-state index contributed by atoms with van der Waals surface area (Å²) in [7, 11) is 0. The number of nitrogens with zero attached hydrogens (tertiary/aromatic N) is 2. The van der Waals surface area contributed by atoms with Crippen molar-refractivity contribution in [2.45, 2.75) is 32.1 Å². The quantitative estimate of drug-likeness (QED) is 0.932. The van der Waals surface area contributed by atoms with Crippen LogP contribution in [0.25, 0.3) is 10.9 Å². The van der Waals surface area contributed by atoms with Crippen LogP contribution in [0.3, 0.4) is 0 Å². The van der Waals surface area contributed by atoms with E-state index < -0.39 is 0 Å². The maximum Gasteiger partial charge on any atom is 0.157 e. The van der Waals surface area contributed by atoms with Gasteiger partial charge in [-0.2, -0.15) is 0 Å². The average molecular weight is 299 g/mol. The van der Waals surface area contributed by atoms with Crippen molar-refractivity contribution in [1.29, 1.82) is 0 Å². The van der Waals surface area contributed by atoms with Crippen LogP contribution in [0.5, 0.6) is 0 Å². The first-order valence-corrected chi connectivity index (χ1v) is 8.38. The van der Waals surface area contributed by atoms with Crippen molar-refractivity contribution in [2.24, 2.45) is 10.9 Å². The predicted octanol–water partition coefficient (Wildman–Crippen LogP) is 3.84. The number of thioether (sulfide) groups is 1. The van der Waals surface area contributed by atoms with Crippen LogP contribution in [0.1, 0.15) is 25.8 Å². The molecular formula is C17H21N3S. The van der Waals surface area contributed by atoms with E-state index in [1.807, 2.05) is 24.0 Å². The van der Waals surface area contributed by atoms with Gasteiger partial charge in [0, 0.05) is 23.4 Å². The van der Waals surface area contributed by atoms with Gasteiger partial charge in [0.15, 0.2) is 5.17 Å². The third-order valence-electron chi connectivity index (χ3n) is 3.60. The molecule has 3 nitrogen and oxygen atoms in total. The molecule has 0 aliphatic carbocycles. The molecule has 2 aromatic rings. The van der Waals surface area contributed by atoms with Gasteiger partial charge in [-0.3, -0.25) is 9.98 Å². The molecule has 0 saturated heterocycles. The maximum atomic E-state index is 4.61. The summed E-state index contributed by atoms with van der Waals surface area (Å²) in [5, 5.41) is 6.37. The molecule has 1 atom stereocenters. The van der Waals surface area contributed by atoms with Gasteiger partial charge >= 0.3 is 0 Å². The van der Waals surface area contributed by atoms with E-state index in [0.717, 1.165) is 29.7 Å². The topological polar surface area (TPSA) is 37.3 Å². The number of benzene rings is 1. The highest BCUT2D eigenvalue weighted by Gasteiger charge is 2.20. The zero-order valence-electron chi connectivity index (χ0n) is 12.5. The first kappa shape index (κ1) is 14.4. The summed E-state index contributed by atoms with van der Waals surface area (Å²) in [6.45, 7) is 6.27. The number of pyridine rings is 1. The number of amidine groups is 1. The third-order valence-corrected chi connectivity index (χ3v) is 4.77. The lowest BCUT2D eigenvalue weighted by Crippen LogP contribution is -2.19. The van der Waals surface area contributed by atoms with Gasteiger partial charge in [0.25, 0.3) is 0 Å². The van der Waals surface area contributed by atoms with E-state index in [4.69, 9.17) is 0 Å². The number of hydrogen-bond acceptors (Lipinski definition) is 4. The van der Waals surface area contributed by atoms with E-state index >= 15 is 0 Å². The first-order valence-electron chi connectivity index (χ1n) is 7.50. The molecule has 2 heterocycles. The normalized spacial score (nSPS) is 18.2. The maximum absolute atomic E-state index is 4.61. The summed E-state index contributed by atoms with van der Waals surface area (Å²) in [5.74, 6) is 0.735. The summed E-state index contributed by atoms with van der Waals surface area (Å²) < 4.78 is 0. The van der Waals surface area contributed by atoms with E-state index in [1.54, 1.807) is 0 Å². The molecule has 0 amide bonds. The highest BCUT2D eigenvalue weighted by atomic mass is 32.2. The van der Waals surface area contributed by atoms with Gasteiger partial charge < -0.3 is 5.32 Å². The van der Waals surface area contributed by atoms with Crippen molar-refractivity contribution in [3.8, 4) is 0 Å². The molecule has 1 aromatic carbocycles. The smallest absolute Gasteiger partial charge is 0.157 e. The summed E-state index contributed by atoms with van der Waals surface area (Å²) >= 11 is 1.88. The van der Waals surface area contributed by atoms with E-state index in [-0.39, 0.29) is 0 Å². The van der Waals surface area contributed by atoms with Crippen molar-refractivity contribution in [2.75, 3.05) is 6.54 Å². The number of aromatic nitrogens is 1.